The van der Waals surface area contributed by atoms with Crippen molar-refractivity contribution >= 4 is 11.8 Å². The van der Waals surface area contributed by atoms with Gasteiger partial charge in [0.1, 0.15) is 0 Å². The summed E-state index contributed by atoms with van der Waals surface area (Å²) < 4.78 is 0. The van der Waals surface area contributed by atoms with Crippen molar-refractivity contribution in [3.63, 3.8) is 0 Å². The Kier molecular flexibility index (Phi) is 7.68. The van der Waals surface area contributed by atoms with Crippen molar-refractivity contribution in [2.24, 2.45) is 5.92 Å². The van der Waals surface area contributed by atoms with Gasteiger partial charge in [0, 0.05) is 19.9 Å². The molecule has 1 aliphatic heterocycles. The summed E-state index contributed by atoms with van der Waals surface area (Å²) in [6.45, 7) is 10.0. The van der Waals surface area contributed by atoms with Gasteiger partial charge >= 0.3 is 0 Å². The zero-order valence-corrected chi connectivity index (χ0v) is 11.8. The molecule has 1 rings (SSSR count). The first kappa shape index (κ1) is 16.4. The van der Waals surface area contributed by atoms with E-state index in [0.29, 0.717) is 18.8 Å². The molecule has 0 spiro atoms. The van der Waals surface area contributed by atoms with Gasteiger partial charge in [0.15, 0.2) is 0 Å². The fourth-order valence-corrected chi connectivity index (χ4v) is 1.49. The number of hydrogen-bond donors (Lipinski definition) is 0. The summed E-state index contributed by atoms with van der Waals surface area (Å²) in [5.74, 6) is 0.492. The molecule has 3 heteroatoms. The largest absolute Gasteiger partial charge is 0.286 e. The molecule has 0 aliphatic carbocycles. The van der Waals surface area contributed by atoms with Crippen molar-refractivity contribution in [2.45, 2.75) is 33.6 Å². The number of hydrogen-bond acceptors (Lipinski definition) is 2. The Morgan fingerprint density at radius 2 is 1.78 bits per heavy atom. The molecule has 2 amide bonds. The van der Waals surface area contributed by atoms with E-state index >= 15 is 0 Å². The molecule has 100 valence electrons. The molecule has 1 aliphatic rings. The van der Waals surface area contributed by atoms with Gasteiger partial charge < -0.3 is 0 Å². The van der Waals surface area contributed by atoms with Crippen LogP contribution in [0.4, 0.5) is 0 Å². The van der Waals surface area contributed by atoms with Crippen LogP contribution in [-0.4, -0.2) is 23.8 Å². The number of nitrogens with zero attached hydrogens (tertiary/aromatic N) is 1. The van der Waals surface area contributed by atoms with E-state index in [2.05, 4.69) is 39.5 Å². The Morgan fingerprint density at radius 3 is 2.00 bits per heavy atom. The van der Waals surface area contributed by atoms with Gasteiger partial charge in [-0.1, -0.05) is 44.7 Å². The molecule has 0 aromatic heterocycles. The summed E-state index contributed by atoms with van der Waals surface area (Å²) in [5, 5.41) is 0. The van der Waals surface area contributed by atoms with Gasteiger partial charge in [-0.2, -0.15) is 0 Å². The topological polar surface area (TPSA) is 37.4 Å². The third-order valence-electron chi connectivity index (χ3n) is 2.73. The quantitative estimate of drug-likeness (QED) is 0.569. The van der Waals surface area contributed by atoms with Crippen LogP contribution in [0.1, 0.15) is 33.6 Å². The van der Waals surface area contributed by atoms with Crippen molar-refractivity contribution in [3.8, 4) is 0 Å². The van der Waals surface area contributed by atoms with E-state index < -0.39 is 0 Å². The van der Waals surface area contributed by atoms with Crippen LogP contribution in [0.3, 0.4) is 0 Å². The molecule has 0 saturated carbocycles. The van der Waals surface area contributed by atoms with Gasteiger partial charge in [-0.15, -0.1) is 0 Å². The summed E-state index contributed by atoms with van der Waals surface area (Å²) >= 11 is 0. The zero-order valence-electron chi connectivity index (χ0n) is 11.8. The van der Waals surface area contributed by atoms with Gasteiger partial charge in [-0.25, -0.2) is 0 Å². The van der Waals surface area contributed by atoms with E-state index in [0.717, 1.165) is 0 Å². The molecular weight excluding hydrogens is 226 g/mol. The summed E-state index contributed by atoms with van der Waals surface area (Å²) in [7, 11) is 1.51. The smallest absolute Gasteiger partial charge is 0.229 e. The van der Waals surface area contributed by atoms with Crippen molar-refractivity contribution in [3.05, 3.63) is 36.5 Å². The van der Waals surface area contributed by atoms with Crippen molar-refractivity contribution in [2.75, 3.05) is 7.05 Å². The molecule has 1 heterocycles. The molecule has 0 N–H and O–H groups in total. The van der Waals surface area contributed by atoms with Crippen LogP contribution in [-0.2, 0) is 9.59 Å². The van der Waals surface area contributed by atoms with Gasteiger partial charge in [0.05, 0.1) is 0 Å². The van der Waals surface area contributed by atoms with Gasteiger partial charge in [0.2, 0.25) is 11.8 Å². The maximum atomic E-state index is 10.5. The number of amides is 2. The maximum absolute atomic E-state index is 10.5. The van der Waals surface area contributed by atoms with E-state index in [9.17, 15) is 9.59 Å². The Morgan fingerprint density at radius 1 is 1.28 bits per heavy atom. The van der Waals surface area contributed by atoms with Crippen molar-refractivity contribution < 1.29 is 9.59 Å². The molecule has 18 heavy (non-hydrogen) atoms. The van der Waals surface area contributed by atoms with Gasteiger partial charge in [-0.3, -0.25) is 14.5 Å². The third-order valence-corrected chi connectivity index (χ3v) is 2.73. The highest BCUT2D eigenvalue weighted by atomic mass is 16.2. The molecule has 0 bridgehead atoms. The average molecular weight is 249 g/mol. The highest BCUT2D eigenvalue weighted by Gasteiger charge is 2.24. The Bertz CT molecular complexity index is 349. The lowest BCUT2D eigenvalue weighted by Crippen LogP contribution is -2.23. The first-order chi connectivity index (χ1) is 8.43. The molecule has 3 nitrogen and oxygen atoms in total. The lowest BCUT2D eigenvalue weighted by atomic mass is 10.0. The lowest BCUT2D eigenvalue weighted by molar-refractivity contribution is -0.136. The standard InChI is InChI=1S/C10H16.C5H7NO2/c1-5-7-8-10(6-2)9(3)4;1-6-4(7)2-3-5(6)8/h5-9H,1H2,2-4H3;2-3H2,1H3/b8-7-,10-6+;. The monoisotopic (exact) mass is 249 g/mol. The van der Waals surface area contributed by atoms with Crippen LogP contribution in [0.25, 0.3) is 0 Å². The van der Waals surface area contributed by atoms with Crippen LogP contribution in [0.2, 0.25) is 0 Å². The SMILES string of the molecule is C=C/C=C\C(=C/C)C(C)C.CN1C(=O)CCC1=O. The Balaban J connectivity index is 0.000000327. The van der Waals surface area contributed by atoms with Crippen LogP contribution in [0.5, 0.6) is 0 Å². The highest BCUT2D eigenvalue weighted by Crippen LogP contribution is 2.10. The summed E-state index contributed by atoms with van der Waals surface area (Å²) in [4.78, 5) is 22.1. The predicted octanol–water partition coefficient (Wildman–Crippen LogP) is 3.10. The molecule has 0 unspecified atom stereocenters. The zero-order chi connectivity index (χ0) is 14.1. The van der Waals surface area contributed by atoms with Crippen LogP contribution in [0, 0.1) is 5.92 Å². The molecular formula is C15H23NO2. The highest BCUT2D eigenvalue weighted by molar-refractivity contribution is 6.01. The van der Waals surface area contributed by atoms with E-state index in [1.807, 2.05) is 6.08 Å². The van der Waals surface area contributed by atoms with Crippen LogP contribution in [0.15, 0.2) is 36.5 Å². The normalized spacial score (nSPS) is 16.3. The molecule has 0 atom stereocenters. The second-order valence-corrected chi connectivity index (χ2v) is 4.38. The van der Waals surface area contributed by atoms with E-state index in [1.165, 1.54) is 17.5 Å². The maximum Gasteiger partial charge on any atom is 0.229 e. The Labute approximate surface area is 110 Å². The summed E-state index contributed by atoms with van der Waals surface area (Å²) in [6.07, 6.45) is 8.79. The lowest BCUT2D eigenvalue weighted by Gasteiger charge is -2.03. The molecule has 1 fully saturated rings. The predicted molar refractivity (Wildman–Crippen MR) is 74.9 cm³/mol. The van der Waals surface area contributed by atoms with Crippen LogP contribution >= 0.6 is 0 Å². The van der Waals surface area contributed by atoms with Gasteiger partial charge in [-0.05, 0) is 18.4 Å². The fraction of sp³-hybridized carbons (Fsp3) is 0.467. The molecule has 0 radical (unpaired) electrons. The second kappa shape index (κ2) is 8.45. The minimum atomic E-state index is -0.0602. The van der Waals surface area contributed by atoms with Crippen molar-refractivity contribution in [1.29, 1.82) is 0 Å². The van der Waals surface area contributed by atoms with E-state index in [4.69, 9.17) is 0 Å². The average Bonchev–Trinajstić information content (AvgIpc) is 2.62. The first-order valence-corrected chi connectivity index (χ1v) is 6.18. The number of imide groups is 1. The number of likely N-dealkylation sites (tertiary alicyclic amines) is 1. The summed E-state index contributed by atoms with van der Waals surface area (Å²) in [5.41, 5.74) is 1.36. The fourth-order valence-electron chi connectivity index (χ4n) is 1.49. The minimum Gasteiger partial charge on any atom is -0.286 e. The number of allylic oxidation sites excluding steroid dienone is 5. The molecule has 0 aromatic carbocycles. The van der Waals surface area contributed by atoms with E-state index in [1.54, 1.807) is 6.08 Å². The molecule has 1 saturated heterocycles. The van der Waals surface area contributed by atoms with Gasteiger partial charge in [0.25, 0.3) is 0 Å². The molecule has 0 aromatic rings. The first-order valence-electron chi connectivity index (χ1n) is 6.18. The number of rotatable bonds is 3. The van der Waals surface area contributed by atoms with Crippen molar-refractivity contribution in [1.82, 2.24) is 4.90 Å². The minimum absolute atomic E-state index is 0.0602. The van der Waals surface area contributed by atoms with Crippen LogP contribution < -0.4 is 0 Å². The Hall–Kier alpha value is -1.64. The number of carbonyl (C=O) groups is 2. The summed E-state index contributed by atoms with van der Waals surface area (Å²) in [6, 6.07) is 0. The second-order valence-electron chi connectivity index (χ2n) is 4.38. The van der Waals surface area contributed by atoms with E-state index in [-0.39, 0.29) is 11.8 Å². The number of carbonyl (C=O) groups excluding carboxylic acids is 2. The third kappa shape index (κ3) is 5.62.